The van der Waals surface area contributed by atoms with Gasteiger partial charge in [-0.2, -0.15) is 0 Å². The van der Waals surface area contributed by atoms with Gasteiger partial charge in [0.25, 0.3) is 0 Å². The van der Waals surface area contributed by atoms with Gasteiger partial charge >= 0.3 is 11.9 Å². The van der Waals surface area contributed by atoms with Crippen LogP contribution in [0, 0.1) is 0 Å². The first-order valence-electron chi connectivity index (χ1n) is 12.1. The third-order valence-electron chi connectivity index (χ3n) is 5.65. The van der Waals surface area contributed by atoms with Crippen LogP contribution in [0.1, 0.15) is 74.1 Å². The molecule has 190 valence electrons. The van der Waals surface area contributed by atoms with Gasteiger partial charge in [-0.15, -0.1) is 0 Å². The highest BCUT2D eigenvalue weighted by atomic mass is 16.6. The largest absolute Gasteiger partial charge is 0.456 e. The standard InChI is InChI=1S/C26H38O8/c1-25(2,11-7-13-29-15-19-17-31-19)33-23(27)21-9-5-6-10-22(21)24(28)34-26(3,4)12-8-14-30-16-20-18-32-20/h5-6,9-10,19-20H,7-8,11-18H2,1-4H3. The SMILES string of the molecule is CC(C)(CCCOCC1CO1)OC(=O)c1ccccc1C(=O)OC(C)(C)CCCOCC1CO1. The molecule has 0 spiro atoms. The lowest BCUT2D eigenvalue weighted by molar-refractivity contribution is -0.0136. The van der Waals surface area contributed by atoms with Crippen molar-refractivity contribution < 1.29 is 38.0 Å². The van der Waals surface area contributed by atoms with E-state index in [1.807, 2.05) is 27.7 Å². The molecule has 1 aromatic carbocycles. The van der Waals surface area contributed by atoms with Crippen molar-refractivity contribution in [2.45, 2.75) is 76.8 Å². The maximum absolute atomic E-state index is 12.9. The van der Waals surface area contributed by atoms with E-state index >= 15 is 0 Å². The van der Waals surface area contributed by atoms with Crippen molar-refractivity contribution in [1.82, 2.24) is 0 Å². The summed E-state index contributed by atoms with van der Waals surface area (Å²) < 4.78 is 32.8. The van der Waals surface area contributed by atoms with Crippen molar-refractivity contribution in [3.8, 4) is 0 Å². The number of hydrogen-bond donors (Lipinski definition) is 0. The highest BCUT2D eigenvalue weighted by Crippen LogP contribution is 2.24. The molecule has 0 bridgehead atoms. The second-order valence-electron chi connectivity index (χ2n) is 10.1. The Labute approximate surface area is 202 Å². The molecule has 0 aromatic heterocycles. The maximum Gasteiger partial charge on any atom is 0.339 e. The van der Waals surface area contributed by atoms with E-state index in [0.717, 1.165) is 26.1 Å². The Morgan fingerprint density at radius 3 is 1.53 bits per heavy atom. The Balaban J connectivity index is 1.47. The van der Waals surface area contributed by atoms with E-state index in [1.165, 1.54) is 0 Å². The number of esters is 2. The van der Waals surface area contributed by atoms with Gasteiger partial charge in [0, 0.05) is 13.2 Å². The Morgan fingerprint density at radius 2 is 1.18 bits per heavy atom. The minimum atomic E-state index is -0.696. The number of ether oxygens (including phenoxy) is 6. The predicted molar refractivity (Wildman–Crippen MR) is 125 cm³/mol. The molecule has 2 aliphatic heterocycles. The van der Waals surface area contributed by atoms with E-state index in [0.29, 0.717) is 39.3 Å². The quantitative estimate of drug-likeness (QED) is 0.200. The molecule has 0 amide bonds. The second-order valence-corrected chi connectivity index (χ2v) is 10.1. The molecule has 2 heterocycles. The van der Waals surface area contributed by atoms with Gasteiger partial charge in [-0.3, -0.25) is 0 Å². The van der Waals surface area contributed by atoms with Crippen LogP contribution in [0.25, 0.3) is 0 Å². The fourth-order valence-electron chi connectivity index (χ4n) is 3.51. The van der Waals surface area contributed by atoms with E-state index in [9.17, 15) is 9.59 Å². The molecule has 3 rings (SSSR count). The van der Waals surface area contributed by atoms with E-state index in [1.54, 1.807) is 24.3 Å². The predicted octanol–water partition coefficient (Wildman–Crippen LogP) is 3.95. The van der Waals surface area contributed by atoms with Crippen molar-refractivity contribution in [1.29, 1.82) is 0 Å². The van der Waals surface area contributed by atoms with Gasteiger partial charge in [-0.25, -0.2) is 9.59 Å². The molecule has 0 saturated carbocycles. The molecule has 0 aliphatic carbocycles. The lowest BCUT2D eigenvalue weighted by Crippen LogP contribution is -2.31. The molecule has 0 N–H and O–H groups in total. The molecule has 2 aliphatic rings. The summed E-state index contributed by atoms with van der Waals surface area (Å²) in [6.45, 7) is 11.3. The van der Waals surface area contributed by atoms with Crippen LogP contribution in [0.5, 0.6) is 0 Å². The van der Waals surface area contributed by atoms with Gasteiger partial charge in [0.2, 0.25) is 0 Å². The smallest absolute Gasteiger partial charge is 0.339 e. The molecule has 2 saturated heterocycles. The molecular formula is C26H38O8. The minimum absolute atomic E-state index is 0.200. The fourth-order valence-corrected chi connectivity index (χ4v) is 3.51. The molecule has 2 unspecified atom stereocenters. The van der Waals surface area contributed by atoms with E-state index in [2.05, 4.69) is 0 Å². The number of epoxide rings is 2. The third-order valence-corrected chi connectivity index (χ3v) is 5.65. The average molecular weight is 479 g/mol. The normalized spacial score (nSPS) is 19.5. The summed E-state index contributed by atoms with van der Waals surface area (Å²) >= 11 is 0. The van der Waals surface area contributed by atoms with E-state index < -0.39 is 23.1 Å². The molecular weight excluding hydrogens is 440 g/mol. The Bertz CT molecular complexity index is 744. The van der Waals surface area contributed by atoms with Gasteiger partial charge in [-0.05, 0) is 65.5 Å². The lowest BCUT2D eigenvalue weighted by atomic mass is 10.0. The van der Waals surface area contributed by atoms with Crippen molar-refractivity contribution in [3.05, 3.63) is 35.4 Å². The number of rotatable bonds is 16. The Morgan fingerprint density at radius 1 is 0.794 bits per heavy atom. The molecule has 8 nitrogen and oxygen atoms in total. The first-order valence-corrected chi connectivity index (χ1v) is 12.1. The van der Waals surface area contributed by atoms with E-state index in [4.69, 9.17) is 28.4 Å². The van der Waals surface area contributed by atoms with Gasteiger partial charge in [0.1, 0.15) is 23.4 Å². The van der Waals surface area contributed by atoms with Gasteiger partial charge in [-0.1, -0.05) is 12.1 Å². The number of carbonyl (C=O) groups is 2. The molecule has 34 heavy (non-hydrogen) atoms. The van der Waals surface area contributed by atoms with Crippen LogP contribution in [0.15, 0.2) is 24.3 Å². The Kier molecular flexibility index (Phi) is 9.47. The maximum atomic E-state index is 12.9. The first-order chi connectivity index (χ1) is 16.2. The molecule has 0 radical (unpaired) electrons. The first kappa shape index (κ1) is 26.6. The highest BCUT2D eigenvalue weighted by molar-refractivity contribution is 6.03. The topological polar surface area (TPSA) is 96.1 Å². The molecule has 8 heteroatoms. The van der Waals surface area contributed by atoms with Crippen LogP contribution in [-0.4, -0.2) is 75.0 Å². The van der Waals surface area contributed by atoms with Crippen LogP contribution in [-0.2, 0) is 28.4 Å². The second kappa shape index (κ2) is 12.1. The van der Waals surface area contributed by atoms with Crippen molar-refractivity contribution in [2.24, 2.45) is 0 Å². The van der Waals surface area contributed by atoms with Crippen LogP contribution in [0.4, 0.5) is 0 Å². The average Bonchev–Trinajstić information content (AvgIpc) is 3.68. The summed E-state index contributed by atoms with van der Waals surface area (Å²) in [5, 5.41) is 0. The fraction of sp³-hybridized carbons (Fsp3) is 0.692. The van der Waals surface area contributed by atoms with Gasteiger partial charge in [0.05, 0.1) is 37.6 Å². The van der Waals surface area contributed by atoms with Crippen LogP contribution in [0.2, 0.25) is 0 Å². The van der Waals surface area contributed by atoms with Gasteiger partial charge in [0.15, 0.2) is 0 Å². The van der Waals surface area contributed by atoms with Crippen molar-refractivity contribution in [2.75, 3.05) is 39.6 Å². The summed E-state index contributed by atoms with van der Waals surface area (Å²) in [6, 6.07) is 6.60. The van der Waals surface area contributed by atoms with Crippen LogP contribution in [0.3, 0.4) is 0 Å². The third kappa shape index (κ3) is 9.70. The number of carbonyl (C=O) groups excluding carboxylic acids is 2. The highest BCUT2D eigenvalue weighted by Gasteiger charge is 2.30. The van der Waals surface area contributed by atoms with Crippen molar-refractivity contribution >= 4 is 11.9 Å². The molecule has 2 atom stereocenters. The lowest BCUT2D eigenvalue weighted by Gasteiger charge is -2.27. The van der Waals surface area contributed by atoms with Crippen LogP contribution >= 0.6 is 0 Å². The summed E-state index contributed by atoms with van der Waals surface area (Å²) in [7, 11) is 0. The van der Waals surface area contributed by atoms with Gasteiger partial charge < -0.3 is 28.4 Å². The summed E-state index contributed by atoms with van der Waals surface area (Å²) in [5.41, 5.74) is -0.992. The zero-order chi connectivity index (χ0) is 24.6. The number of benzene rings is 1. The summed E-state index contributed by atoms with van der Waals surface area (Å²) in [5.74, 6) is -1.09. The van der Waals surface area contributed by atoms with Crippen LogP contribution < -0.4 is 0 Å². The zero-order valence-corrected chi connectivity index (χ0v) is 20.8. The monoisotopic (exact) mass is 478 g/mol. The summed E-state index contributed by atoms with van der Waals surface area (Å²) in [6.07, 6.45) is 3.26. The number of hydrogen-bond acceptors (Lipinski definition) is 8. The van der Waals surface area contributed by atoms with Crippen molar-refractivity contribution in [3.63, 3.8) is 0 Å². The summed E-state index contributed by atoms with van der Waals surface area (Å²) in [4.78, 5) is 25.9. The Hall–Kier alpha value is -2.00. The molecule has 1 aromatic rings. The van der Waals surface area contributed by atoms with E-state index in [-0.39, 0.29) is 23.3 Å². The minimum Gasteiger partial charge on any atom is -0.456 e. The molecule has 2 fully saturated rings. The zero-order valence-electron chi connectivity index (χ0n) is 20.8.